The number of carbonyl (C=O) groups excluding carboxylic acids is 1. The van der Waals surface area contributed by atoms with E-state index in [2.05, 4.69) is 15.5 Å². The van der Waals surface area contributed by atoms with Gasteiger partial charge in [-0.2, -0.15) is 4.98 Å². The summed E-state index contributed by atoms with van der Waals surface area (Å²) in [5.41, 5.74) is 5.46. The quantitative estimate of drug-likeness (QED) is 0.852. The van der Waals surface area contributed by atoms with Crippen molar-refractivity contribution in [3.05, 3.63) is 30.3 Å². The van der Waals surface area contributed by atoms with Gasteiger partial charge in [-0.05, 0) is 31.1 Å². The second-order valence-corrected chi connectivity index (χ2v) is 4.89. The minimum absolute atomic E-state index is 0.341. The van der Waals surface area contributed by atoms with Gasteiger partial charge < -0.3 is 15.6 Å². The van der Waals surface area contributed by atoms with Crippen LogP contribution in [0.2, 0.25) is 0 Å². The molecule has 0 aliphatic carbocycles. The molecule has 1 amide bonds. The van der Waals surface area contributed by atoms with Gasteiger partial charge in [0.25, 0.3) is 11.8 Å². The van der Waals surface area contributed by atoms with Crippen LogP contribution in [0.5, 0.6) is 0 Å². The van der Waals surface area contributed by atoms with Gasteiger partial charge >= 0.3 is 0 Å². The van der Waals surface area contributed by atoms with Gasteiger partial charge in [0, 0.05) is 12.1 Å². The zero-order chi connectivity index (χ0) is 13.9. The summed E-state index contributed by atoms with van der Waals surface area (Å²) in [7, 11) is 0. The second kappa shape index (κ2) is 5.09. The van der Waals surface area contributed by atoms with Crippen LogP contribution < -0.4 is 11.1 Å². The molecule has 0 fully saturated rings. The van der Waals surface area contributed by atoms with E-state index in [0.717, 1.165) is 5.56 Å². The minimum Gasteiger partial charge on any atom is -0.369 e. The summed E-state index contributed by atoms with van der Waals surface area (Å²) < 4.78 is 5.14. The van der Waals surface area contributed by atoms with Crippen LogP contribution in [-0.4, -0.2) is 22.6 Å². The summed E-state index contributed by atoms with van der Waals surface area (Å²) in [6.45, 7) is 3.84. The third kappa shape index (κ3) is 3.09. The number of carbonyl (C=O) groups is 1. The second-order valence-electron chi connectivity index (χ2n) is 4.89. The van der Waals surface area contributed by atoms with Gasteiger partial charge in [0.2, 0.25) is 5.91 Å². The third-order valence-electron chi connectivity index (χ3n) is 2.80. The van der Waals surface area contributed by atoms with Gasteiger partial charge in [-0.15, -0.1) is 0 Å². The Morgan fingerprint density at radius 2 is 2.05 bits per heavy atom. The predicted octanol–water partition coefficient (Wildman–Crippen LogP) is 1.66. The van der Waals surface area contributed by atoms with E-state index in [9.17, 15) is 4.79 Å². The van der Waals surface area contributed by atoms with Crippen LogP contribution in [0.1, 0.15) is 13.8 Å². The molecule has 6 heteroatoms. The average Bonchev–Trinajstić information content (AvgIpc) is 2.86. The number of hydrogen-bond donors (Lipinski definition) is 2. The number of nitrogens with one attached hydrogen (secondary N) is 1. The molecule has 0 bridgehead atoms. The van der Waals surface area contributed by atoms with Crippen LogP contribution in [0.25, 0.3) is 11.5 Å². The van der Waals surface area contributed by atoms with Crippen molar-refractivity contribution in [1.82, 2.24) is 10.1 Å². The standard InChI is InChI=1S/C13H16N4O2/c1-13(2,11(14)18)8-15-12-16-10(19-17-12)9-6-4-3-5-7-9/h3-7H,8H2,1-2H3,(H2,14,18)(H,15,17). The summed E-state index contributed by atoms with van der Waals surface area (Å²) >= 11 is 0. The monoisotopic (exact) mass is 260 g/mol. The van der Waals surface area contributed by atoms with E-state index in [4.69, 9.17) is 10.3 Å². The third-order valence-corrected chi connectivity index (χ3v) is 2.80. The summed E-state index contributed by atoms with van der Waals surface area (Å²) in [6.07, 6.45) is 0. The highest BCUT2D eigenvalue weighted by Crippen LogP contribution is 2.19. The lowest BCUT2D eigenvalue weighted by Crippen LogP contribution is -2.37. The first-order valence-electron chi connectivity index (χ1n) is 5.92. The average molecular weight is 260 g/mol. The van der Waals surface area contributed by atoms with E-state index in [1.54, 1.807) is 13.8 Å². The molecule has 0 unspecified atom stereocenters. The number of benzene rings is 1. The first-order valence-corrected chi connectivity index (χ1v) is 5.92. The first-order chi connectivity index (χ1) is 8.99. The zero-order valence-corrected chi connectivity index (χ0v) is 10.9. The molecule has 2 rings (SSSR count). The van der Waals surface area contributed by atoms with E-state index in [0.29, 0.717) is 18.4 Å². The lowest BCUT2D eigenvalue weighted by Gasteiger charge is -2.19. The number of anilines is 1. The Morgan fingerprint density at radius 3 is 2.68 bits per heavy atom. The van der Waals surface area contributed by atoms with Gasteiger partial charge in [0.1, 0.15) is 0 Å². The van der Waals surface area contributed by atoms with Crippen molar-refractivity contribution >= 4 is 11.9 Å². The highest BCUT2D eigenvalue weighted by atomic mass is 16.5. The Labute approximate surface area is 111 Å². The number of aromatic nitrogens is 2. The molecule has 1 aromatic carbocycles. The van der Waals surface area contributed by atoms with Gasteiger partial charge in [-0.1, -0.05) is 18.2 Å². The molecule has 6 nitrogen and oxygen atoms in total. The maximum absolute atomic E-state index is 11.2. The molecule has 3 N–H and O–H groups in total. The van der Waals surface area contributed by atoms with Crippen LogP contribution >= 0.6 is 0 Å². The molecule has 2 aromatic rings. The Hall–Kier alpha value is -2.37. The molecule has 0 saturated heterocycles. The van der Waals surface area contributed by atoms with Gasteiger partial charge in [-0.3, -0.25) is 4.79 Å². The molecule has 100 valence electrons. The molecule has 0 aliphatic rings. The van der Waals surface area contributed by atoms with Crippen molar-refractivity contribution in [1.29, 1.82) is 0 Å². The van der Waals surface area contributed by atoms with E-state index in [-0.39, 0.29) is 5.91 Å². The van der Waals surface area contributed by atoms with Crippen molar-refractivity contribution < 1.29 is 9.32 Å². The fourth-order valence-electron chi connectivity index (χ4n) is 1.38. The van der Waals surface area contributed by atoms with Crippen LogP contribution in [0.4, 0.5) is 5.95 Å². The van der Waals surface area contributed by atoms with Gasteiger partial charge in [0.15, 0.2) is 0 Å². The van der Waals surface area contributed by atoms with E-state index in [1.807, 2.05) is 30.3 Å². The van der Waals surface area contributed by atoms with Crippen molar-refractivity contribution in [2.45, 2.75) is 13.8 Å². The fraction of sp³-hybridized carbons (Fsp3) is 0.308. The van der Waals surface area contributed by atoms with Gasteiger partial charge in [-0.25, -0.2) is 0 Å². The molecule has 0 aliphatic heterocycles. The highest BCUT2D eigenvalue weighted by molar-refractivity contribution is 5.80. The minimum atomic E-state index is -0.673. The van der Waals surface area contributed by atoms with Crippen LogP contribution in [-0.2, 0) is 4.79 Å². The number of primary amides is 1. The molecule has 0 saturated carbocycles. The van der Waals surface area contributed by atoms with Crippen molar-refractivity contribution in [3.63, 3.8) is 0 Å². The number of nitrogens with zero attached hydrogens (tertiary/aromatic N) is 2. The van der Waals surface area contributed by atoms with Crippen LogP contribution in [0.15, 0.2) is 34.9 Å². The van der Waals surface area contributed by atoms with E-state index < -0.39 is 5.41 Å². The number of hydrogen-bond acceptors (Lipinski definition) is 5. The van der Waals surface area contributed by atoms with E-state index >= 15 is 0 Å². The summed E-state index contributed by atoms with van der Waals surface area (Å²) in [6, 6.07) is 9.45. The number of rotatable bonds is 5. The zero-order valence-electron chi connectivity index (χ0n) is 10.9. The maximum atomic E-state index is 11.2. The van der Waals surface area contributed by atoms with E-state index in [1.165, 1.54) is 0 Å². The SMILES string of the molecule is CC(C)(CNc1noc(-c2ccccc2)n1)C(N)=O. The smallest absolute Gasteiger partial charge is 0.263 e. The molecule has 19 heavy (non-hydrogen) atoms. The van der Waals surface area contributed by atoms with Crippen LogP contribution in [0, 0.1) is 5.41 Å². The number of amides is 1. The Kier molecular flexibility index (Phi) is 3.50. The van der Waals surface area contributed by atoms with Crippen molar-refractivity contribution in [2.24, 2.45) is 11.1 Å². The van der Waals surface area contributed by atoms with Crippen molar-refractivity contribution in [2.75, 3.05) is 11.9 Å². The molecule has 0 radical (unpaired) electrons. The maximum Gasteiger partial charge on any atom is 0.263 e. The lowest BCUT2D eigenvalue weighted by molar-refractivity contribution is -0.125. The van der Waals surface area contributed by atoms with Gasteiger partial charge in [0.05, 0.1) is 5.41 Å². The normalized spacial score (nSPS) is 11.3. The number of nitrogens with two attached hydrogens (primary N) is 1. The molecule has 1 heterocycles. The summed E-state index contributed by atoms with van der Waals surface area (Å²) in [4.78, 5) is 15.4. The highest BCUT2D eigenvalue weighted by Gasteiger charge is 2.25. The molecular formula is C13H16N4O2. The molecule has 0 atom stereocenters. The Balaban J connectivity index is 2.05. The lowest BCUT2D eigenvalue weighted by atomic mass is 9.93. The largest absolute Gasteiger partial charge is 0.369 e. The first kappa shape index (κ1) is 13.1. The van der Waals surface area contributed by atoms with Crippen LogP contribution in [0.3, 0.4) is 0 Å². The topological polar surface area (TPSA) is 94.0 Å². The molecule has 1 aromatic heterocycles. The summed E-state index contributed by atoms with van der Waals surface area (Å²) in [5.74, 6) is 0.389. The Morgan fingerprint density at radius 1 is 1.37 bits per heavy atom. The van der Waals surface area contributed by atoms with Crippen molar-refractivity contribution in [3.8, 4) is 11.5 Å². The Bertz CT molecular complexity index is 563. The summed E-state index contributed by atoms with van der Waals surface area (Å²) in [5, 5.41) is 6.75. The molecular weight excluding hydrogens is 244 g/mol. The predicted molar refractivity (Wildman–Crippen MR) is 71.2 cm³/mol. The fourth-order valence-corrected chi connectivity index (χ4v) is 1.38. The molecule has 0 spiro atoms.